The zero-order valence-corrected chi connectivity index (χ0v) is 37.1. The molecule has 0 amide bonds. The molecule has 0 heteroatoms. The largest absolute Gasteiger partial charge is 0.0616 e. The molecule has 64 heavy (non-hydrogen) atoms. The third-order valence-electron chi connectivity index (χ3n) is 12.0. The second-order valence-electron chi connectivity index (χ2n) is 16.9. The van der Waals surface area contributed by atoms with Crippen LogP contribution in [0.25, 0.3) is 89.0 Å². The van der Waals surface area contributed by atoms with Gasteiger partial charge in [-0.15, -0.1) is 0 Å². The van der Waals surface area contributed by atoms with Gasteiger partial charge in [0.25, 0.3) is 0 Å². The van der Waals surface area contributed by atoms with E-state index in [4.69, 9.17) is 0 Å². The number of hydrogen-bond acceptors (Lipinski definition) is 0. The van der Waals surface area contributed by atoms with Crippen molar-refractivity contribution >= 4 is 0 Å². The second kappa shape index (κ2) is 19.1. The van der Waals surface area contributed by atoms with E-state index < -0.39 is 0 Å². The van der Waals surface area contributed by atoms with Crippen molar-refractivity contribution in [2.75, 3.05) is 0 Å². The van der Waals surface area contributed by atoms with Crippen molar-refractivity contribution in [3.63, 3.8) is 0 Å². The molecule has 0 saturated carbocycles. The first-order valence-electron chi connectivity index (χ1n) is 22.2. The number of rotatable bonds is 8. The van der Waals surface area contributed by atoms with Crippen LogP contribution in [-0.4, -0.2) is 0 Å². The van der Waals surface area contributed by atoms with Crippen molar-refractivity contribution < 1.29 is 0 Å². The van der Waals surface area contributed by atoms with Crippen LogP contribution < -0.4 is 0 Å². The molecule has 0 unspecified atom stereocenters. The Labute approximate surface area is 379 Å². The summed E-state index contributed by atoms with van der Waals surface area (Å²) >= 11 is 0. The molecule has 0 spiro atoms. The minimum atomic E-state index is 1.23. The second-order valence-corrected chi connectivity index (χ2v) is 16.9. The van der Waals surface area contributed by atoms with Gasteiger partial charge in [0.05, 0.1) is 0 Å². The Balaban J connectivity index is 0.000000162. The van der Waals surface area contributed by atoms with E-state index in [2.05, 4.69) is 270 Å². The molecule has 10 aromatic carbocycles. The highest BCUT2D eigenvalue weighted by Gasteiger charge is 2.11. The normalized spacial score (nSPS) is 10.8. The summed E-state index contributed by atoms with van der Waals surface area (Å²) in [7, 11) is 0. The highest BCUT2D eigenvalue weighted by atomic mass is 14.2. The first-order chi connectivity index (χ1) is 31.3. The molecule has 0 aliphatic heterocycles. The Morgan fingerprint density at radius 1 is 0.156 bits per heavy atom. The summed E-state index contributed by atoms with van der Waals surface area (Å²) in [5, 5.41) is 0. The van der Waals surface area contributed by atoms with E-state index in [1.165, 1.54) is 111 Å². The van der Waals surface area contributed by atoms with Crippen molar-refractivity contribution in [1.82, 2.24) is 0 Å². The summed E-state index contributed by atoms with van der Waals surface area (Å²) in [6.07, 6.45) is 0. The Morgan fingerprint density at radius 3 is 0.688 bits per heavy atom. The van der Waals surface area contributed by atoms with Crippen LogP contribution in [0.1, 0.15) is 22.3 Å². The van der Waals surface area contributed by atoms with Crippen LogP contribution in [0.4, 0.5) is 0 Å². The van der Waals surface area contributed by atoms with Crippen molar-refractivity contribution in [3.8, 4) is 89.0 Å². The third-order valence-corrected chi connectivity index (χ3v) is 12.0. The lowest BCUT2D eigenvalue weighted by atomic mass is 9.91. The van der Waals surface area contributed by atoms with Crippen LogP contribution in [0.3, 0.4) is 0 Å². The van der Waals surface area contributed by atoms with Gasteiger partial charge in [-0.1, -0.05) is 253 Å². The SMILES string of the molecule is Cc1cccc(-c2cccc(-c3ccc(-c4cccc(-c5cccc(C)c5)c4)cc3)c2)c1.Cc1cccc(-c2ccccc2-c2ccc(-c3ccccc3-c3cccc(C)c3)cc2)c1. The van der Waals surface area contributed by atoms with Gasteiger partial charge in [0.1, 0.15) is 0 Å². The first kappa shape index (κ1) is 41.5. The van der Waals surface area contributed by atoms with Gasteiger partial charge in [-0.05, 0) is 129 Å². The van der Waals surface area contributed by atoms with Crippen molar-refractivity contribution in [1.29, 1.82) is 0 Å². The molecule has 10 aromatic rings. The minimum Gasteiger partial charge on any atom is -0.0616 e. The van der Waals surface area contributed by atoms with E-state index in [0.717, 1.165) is 0 Å². The number of benzene rings is 10. The minimum absolute atomic E-state index is 1.23. The molecule has 0 fully saturated rings. The van der Waals surface area contributed by atoms with Gasteiger partial charge >= 0.3 is 0 Å². The van der Waals surface area contributed by atoms with Crippen molar-refractivity contribution in [3.05, 3.63) is 265 Å². The van der Waals surface area contributed by atoms with Crippen LogP contribution in [0, 0.1) is 27.7 Å². The van der Waals surface area contributed by atoms with Gasteiger partial charge in [-0.2, -0.15) is 0 Å². The van der Waals surface area contributed by atoms with Gasteiger partial charge in [-0.3, -0.25) is 0 Å². The maximum atomic E-state index is 2.28. The fourth-order valence-corrected chi connectivity index (χ4v) is 8.69. The lowest BCUT2D eigenvalue weighted by Gasteiger charge is -2.13. The lowest BCUT2D eigenvalue weighted by Crippen LogP contribution is -1.88. The molecule has 0 saturated heterocycles. The van der Waals surface area contributed by atoms with E-state index in [1.54, 1.807) is 0 Å². The maximum absolute atomic E-state index is 2.28. The van der Waals surface area contributed by atoms with E-state index in [-0.39, 0.29) is 0 Å². The van der Waals surface area contributed by atoms with Crippen LogP contribution in [0.5, 0.6) is 0 Å². The lowest BCUT2D eigenvalue weighted by molar-refractivity contribution is 1.46. The highest BCUT2D eigenvalue weighted by Crippen LogP contribution is 2.37. The molecule has 0 aromatic heterocycles. The van der Waals surface area contributed by atoms with Crippen molar-refractivity contribution in [2.24, 2.45) is 0 Å². The van der Waals surface area contributed by atoms with E-state index in [0.29, 0.717) is 0 Å². The maximum Gasteiger partial charge on any atom is -0.0105 e. The molecular formula is C64H52. The number of hydrogen-bond donors (Lipinski definition) is 0. The molecular weight excluding hydrogens is 769 g/mol. The predicted octanol–water partition coefficient (Wildman–Crippen LogP) is 17.9. The van der Waals surface area contributed by atoms with E-state index in [1.807, 2.05) is 0 Å². The van der Waals surface area contributed by atoms with E-state index >= 15 is 0 Å². The molecule has 0 radical (unpaired) electrons. The Hall–Kier alpha value is -7.80. The van der Waals surface area contributed by atoms with Crippen LogP contribution in [0.15, 0.2) is 243 Å². The summed E-state index contributed by atoms with van der Waals surface area (Å²) in [6.45, 7) is 8.57. The average molecular weight is 821 g/mol. The first-order valence-corrected chi connectivity index (χ1v) is 22.2. The molecule has 0 heterocycles. The third kappa shape index (κ3) is 9.63. The summed E-state index contributed by atoms with van der Waals surface area (Å²) in [4.78, 5) is 0. The molecule has 0 atom stereocenters. The Kier molecular flexibility index (Phi) is 12.4. The predicted molar refractivity (Wildman–Crippen MR) is 275 cm³/mol. The molecule has 0 N–H and O–H groups in total. The average Bonchev–Trinajstić information content (AvgIpc) is 3.34. The summed E-state index contributed by atoms with van der Waals surface area (Å²) in [5.41, 5.74) is 25.1. The van der Waals surface area contributed by atoms with Gasteiger partial charge in [0.2, 0.25) is 0 Å². The van der Waals surface area contributed by atoms with Gasteiger partial charge in [0.15, 0.2) is 0 Å². The Bertz CT molecular complexity index is 2970. The fourth-order valence-electron chi connectivity index (χ4n) is 8.69. The van der Waals surface area contributed by atoms with Gasteiger partial charge in [0, 0.05) is 0 Å². The standard InChI is InChI=1S/2C32H26/c1-23-7-3-9-27(19-23)31-13-5-11-29(21-31)25-15-17-26(18-16-25)30-12-6-14-32(22-30)28-10-4-8-24(2)20-28;1-23-9-7-11-27(21-23)31-15-5-3-13-29(31)25-17-19-26(20-18-25)30-14-4-6-16-32(30)28-12-8-10-24(2)22-28/h2*3-22H,1-2H3. The van der Waals surface area contributed by atoms with Crippen LogP contribution in [-0.2, 0) is 0 Å². The topological polar surface area (TPSA) is 0 Å². The summed E-state index contributed by atoms with van der Waals surface area (Å²) < 4.78 is 0. The molecule has 308 valence electrons. The monoisotopic (exact) mass is 820 g/mol. The zero-order valence-electron chi connectivity index (χ0n) is 37.1. The summed E-state index contributed by atoms with van der Waals surface area (Å²) in [6, 6.07) is 87.6. The van der Waals surface area contributed by atoms with Crippen LogP contribution in [0.2, 0.25) is 0 Å². The van der Waals surface area contributed by atoms with Crippen molar-refractivity contribution in [2.45, 2.75) is 27.7 Å². The summed E-state index contributed by atoms with van der Waals surface area (Å²) in [5.74, 6) is 0. The highest BCUT2D eigenvalue weighted by molar-refractivity contribution is 5.87. The fraction of sp³-hybridized carbons (Fsp3) is 0.0625. The molecule has 0 aliphatic rings. The van der Waals surface area contributed by atoms with Gasteiger partial charge < -0.3 is 0 Å². The quantitative estimate of drug-likeness (QED) is 0.143. The molecule has 0 aliphatic carbocycles. The smallest absolute Gasteiger partial charge is 0.0105 e. The van der Waals surface area contributed by atoms with E-state index in [9.17, 15) is 0 Å². The van der Waals surface area contributed by atoms with Gasteiger partial charge in [-0.25, -0.2) is 0 Å². The molecule has 10 rings (SSSR count). The molecule has 0 bridgehead atoms. The Morgan fingerprint density at radius 2 is 0.375 bits per heavy atom. The zero-order chi connectivity index (χ0) is 43.8. The van der Waals surface area contributed by atoms with Crippen LogP contribution >= 0.6 is 0 Å². The number of aryl methyl sites for hydroxylation is 4. The molecule has 0 nitrogen and oxygen atoms in total.